The number of aliphatic hydroxyl groups is 1. The second kappa shape index (κ2) is 2.53. The fourth-order valence-corrected chi connectivity index (χ4v) is 1.10. The summed E-state index contributed by atoms with van der Waals surface area (Å²) in [7, 11) is 1.20. The normalized spacial score (nSPS) is 20.4. The minimum Gasteiger partial charge on any atom is -0.407 e. The molecule has 0 aromatic heterocycles. The lowest BCUT2D eigenvalue weighted by Gasteiger charge is -2.03. The van der Waals surface area contributed by atoms with Gasteiger partial charge in [-0.05, 0) is 17.6 Å². The van der Waals surface area contributed by atoms with Crippen LogP contribution in [0.5, 0.6) is 0 Å². The summed E-state index contributed by atoms with van der Waals surface area (Å²) < 4.78 is 29.8. The molecule has 2 rings (SSSR count). The van der Waals surface area contributed by atoms with Gasteiger partial charge in [-0.15, -0.1) is 0 Å². The van der Waals surface area contributed by atoms with Gasteiger partial charge in [0.2, 0.25) is 0 Å². The molecule has 1 atom stereocenters. The maximum Gasteiger partial charge on any atom is 0.334 e. The summed E-state index contributed by atoms with van der Waals surface area (Å²) in [5.41, 5.74) is 0.635. The topological polar surface area (TPSA) is 29.5 Å². The summed E-state index contributed by atoms with van der Waals surface area (Å²) in [4.78, 5) is 0. The van der Waals surface area contributed by atoms with E-state index in [0.29, 0.717) is 5.46 Å². The molecule has 61 valence electrons. The Hall–Kier alpha value is -0.935. The Bertz CT molecular complexity index is 329. The van der Waals surface area contributed by atoms with Crippen LogP contribution in [0.1, 0.15) is 11.9 Å². The van der Waals surface area contributed by atoms with E-state index in [9.17, 15) is 8.78 Å². The molecule has 1 unspecified atom stereocenters. The number of hydrogen-bond donors (Lipinski definition) is 1. The van der Waals surface area contributed by atoms with E-state index in [1.54, 1.807) is 0 Å². The number of rotatable bonds is 0. The molecule has 1 heterocycles. The number of halogens is 2. The van der Waals surface area contributed by atoms with Crippen molar-refractivity contribution in [1.82, 2.24) is 0 Å². The monoisotopic (exact) mass is 169 g/mol. The number of benzene rings is 1. The van der Waals surface area contributed by atoms with Gasteiger partial charge in [-0.3, -0.25) is 0 Å². The predicted molar refractivity (Wildman–Crippen MR) is 37.8 cm³/mol. The van der Waals surface area contributed by atoms with Crippen LogP contribution in [0.3, 0.4) is 0 Å². The van der Waals surface area contributed by atoms with E-state index < -0.39 is 17.9 Å². The fraction of sp³-hybridized carbons (Fsp3) is 0.143. The first-order valence-electron chi connectivity index (χ1n) is 3.34. The van der Waals surface area contributed by atoms with E-state index in [2.05, 4.69) is 4.65 Å². The third kappa shape index (κ3) is 1.02. The van der Waals surface area contributed by atoms with Crippen LogP contribution < -0.4 is 5.46 Å². The molecule has 1 aliphatic rings. The van der Waals surface area contributed by atoms with Crippen LogP contribution in [0.15, 0.2) is 12.1 Å². The van der Waals surface area contributed by atoms with Crippen molar-refractivity contribution in [1.29, 1.82) is 0 Å². The smallest absolute Gasteiger partial charge is 0.334 e. The summed E-state index contributed by atoms with van der Waals surface area (Å²) in [6.45, 7) is 0. The molecule has 0 saturated heterocycles. The van der Waals surface area contributed by atoms with Crippen molar-refractivity contribution in [3.05, 3.63) is 29.3 Å². The lowest BCUT2D eigenvalue weighted by atomic mass is 9.87. The molecule has 2 nitrogen and oxygen atoms in total. The predicted octanol–water partition coefficient (Wildman–Crippen LogP) is 0.230. The van der Waals surface area contributed by atoms with Gasteiger partial charge in [0.1, 0.15) is 0 Å². The average Bonchev–Trinajstić information content (AvgIpc) is 2.35. The number of fused-ring (bicyclic) bond motifs is 1. The molecular formula is C7H4BF2O2. The highest BCUT2D eigenvalue weighted by Crippen LogP contribution is 2.19. The van der Waals surface area contributed by atoms with Crippen LogP contribution in [-0.4, -0.2) is 12.6 Å². The van der Waals surface area contributed by atoms with Gasteiger partial charge < -0.3 is 9.76 Å². The molecule has 1 radical (unpaired) electrons. The minimum atomic E-state index is -1.17. The summed E-state index contributed by atoms with van der Waals surface area (Å²) in [6, 6.07) is 1.92. The first-order chi connectivity index (χ1) is 5.68. The van der Waals surface area contributed by atoms with Crippen LogP contribution in [0.4, 0.5) is 8.78 Å². The van der Waals surface area contributed by atoms with E-state index in [1.165, 1.54) is 7.48 Å². The lowest BCUT2D eigenvalue weighted by molar-refractivity contribution is -0.00815. The summed E-state index contributed by atoms with van der Waals surface area (Å²) in [6.07, 6.45) is -1.17. The molecule has 0 spiro atoms. The summed E-state index contributed by atoms with van der Waals surface area (Å²) >= 11 is 0. The maximum absolute atomic E-state index is 12.6. The fourth-order valence-electron chi connectivity index (χ4n) is 1.10. The number of aliphatic hydroxyl groups excluding tert-OH is 1. The zero-order chi connectivity index (χ0) is 8.72. The molecule has 0 fully saturated rings. The molecule has 0 saturated carbocycles. The Morgan fingerprint density at radius 2 is 2.00 bits per heavy atom. The number of hydrogen-bond acceptors (Lipinski definition) is 2. The van der Waals surface area contributed by atoms with E-state index in [0.717, 1.165) is 12.1 Å². The van der Waals surface area contributed by atoms with Crippen molar-refractivity contribution in [3.63, 3.8) is 0 Å². The first kappa shape index (κ1) is 7.70. The van der Waals surface area contributed by atoms with E-state index in [4.69, 9.17) is 5.11 Å². The van der Waals surface area contributed by atoms with Crippen molar-refractivity contribution >= 4 is 12.9 Å². The zero-order valence-corrected chi connectivity index (χ0v) is 5.92. The third-order valence-electron chi connectivity index (χ3n) is 1.72. The molecule has 1 aliphatic heterocycles. The van der Waals surface area contributed by atoms with Gasteiger partial charge in [0, 0.05) is 5.56 Å². The van der Waals surface area contributed by atoms with Gasteiger partial charge in [0.05, 0.1) is 0 Å². The molecule has 0 bridgehead atoms. The van der Waals surface area contributed by atoms with Crippen molar-refractivity contribution in [2.24, 2.45) is 0 Å². The Labute approximate surface area is 68.1 Å². The maximum atomic E-state index is 12.6. The van der Waals surface area contributed by atoms with Crippen molar-refractivity contribution < 1.29 is 18.5 Å². The summed E-state index contributed by atoms with van der Waals surface area (Å²) in [5.74, 6) is -1.92. The second-order valence-corrected chi connectivity index (χ2v) is 2.50. The van der Waals surface area contributed by atoms with Gasteiger partial charge in [0.15, 0.2) is 17.9 Å². The highest BCUT2D eigenvalue weighted by molar-refractivity contribution is 6.49. The van der Waals surface area contributed by atoms with Crippen LogP contribution >= 0.6 is 0 Å². The van der Waals surface area contributed by atoms with Crippen LogP contribution in [0.2, 0.25) is 0 Å². The van der Waals surface area contributed by atoms with Gasteiger partial charge in [0.25, 0.3) is 0 Å². The molecule has 12 heavy (non-hydrogen) atoms. The molecule has 0 amide bonds. The Morgan fingerprint density at radius 3 is 2.75 bits per heavy atom. The third-order valence-corrected chi connectivity index (χ3v) is 1.72. The SMILES string of the molecule is OC1O[B]c2cc(F)c(F)cc21. The van der Waals surface area contributed by atoms with Gasteiger partial charge in [-0.2, -0.15) is 0 Å². The molecule has 0 aliphatic carbocycles. The molecule has 1 aromatic rings. The van der Waals surface area contributed by atoms with Crippen LogP contribution in [0, 0.1) is 11.6 Å². The van der Waals surface area contributed by atoms with Gasteiger partial charge >= 0.3 is 7.48 Å². The zero-order valence-electron chi connectivity index (χ0n) is 5.92. The first-order valence-corrected chi connectivity index (χ1v) is 3.34. The standard InChI is InChI=1S/C7H4BF2O2/c9-5-1-3-4(2-6(5)10)8-12-7(3)11/h1-2,7,11H. The highest BCUT2D eigenvalue weighted by Gasteiger charge is 2.24. The quantitative estimate of drug-likeness (QED) is 0.563. The van der Waals surface area contributed by atoms with E-state index >= 15 is 0 Å². The lowest BCUT2D eigenvalue weighted by Crippen LogP contribution is -2.13. The highest BCUT2D eigenvalue weighted by atomic mass is 19.2. The van der Waals surface area contributed by atoms with Crippen molar-refractivity contribution in [2.45, 2.75) is 6.29 Å². The Morgan fingerprint density at radius 1 is 1.33 bits per heavy atom. The van der Waals surface area contributed by atoms with E-state index in [-0.39, 0.29) is 5.56 Å². The molecule has 1 N–H and O–H groups in total. The summed E-state index contributed by atoms with van der Waals surface area (Å²) in [5, 5.41) is 9.05. The molecule has 5 heteroatoms. The Balaban J connectivity index is 2.56. The largest absolute Gasteiger partial charge is 0.407 e. The van der Waals surface area contributed by atoms with E-state index in [1.807, 2.05) is 0 Å². The molecular weight excluding hydrogens is 165 g/mol. The van der Waals surface area contributed by atoms with Crippen molar-refractivity contribution in [3.8, 4) is 0 Å². The van der Waals surface area contributed by atoms with Crippen LogP contribution in [0.25, 0.3) is 0 Å². The Kier molecular flexibility index (Phi) is 1.63. The average molecular weight is 169 g/mol. The van der Waals surface area contributed by atoms with Gasteiger partial charge in [-0.25, -0.2) is 8.78 Å². The van der Waals surface area contributed by atoms with Crippen molar-refractivity contribution in [2.75, 3.05) is 0 Å². The second-order valence-electron chi connectivity index (χ2n) is 2.50. The van der Waals surface area contributed by atoms with Crippen LogP contribution in [-0.2, 0) is 4.65 Å². The molecule has 1 aromatic carbocycles. The van der Waals surface area contributed by atoms with Gasteiger partial charge in [-0.1, -0.05) is 0 Å². The minimum absolute atomic E-state index is 0.258.